The van der Waals surface area contributed by atoms with E-state index in [0.717, 1.165) is 43.6 Å². The van der Waals surface area contributed by atoms with E-state index >= 15 is 0 Å². The molecule has 0 aliphatic heterocycles. The SMILES string of the molecule is Cc1cc(=O)cc(C)n1CC1CCC(C(=O)O)CC1. The van der Waals surface area contributed by atoms with E-state index in [1.165, 1.54) is 0 Å². The van der Waals surface area contributed by atoms with E-state index in [0.29, 0.717) is 5.92 Å². The predicted molar refractivity (Wildman–Crippen MR) is 73.3 cm³/mol. The summed E-state index contributed by atoms with van der Waals surface area (Å²) >= 11 is 0. The van der Waals surface area contributed by atoms with Crippen LogP contribution in [-0.2, 0) is 11.3 Å². The van der Waals surface area contributed by atoms with E-state index in [9.17, 15) is 9.59 Å². The smallest absolute Gasteiger partial charge is 0.306 e. The summed E-state index contributed by atoms with van der Waals surface area (Å²) in [7, 11) is 0. The van der Waals surface area contributed by atoms with Gasteiger partial charge in [0.15, 0.2) is 5.43 Å². The highest BCUT2D eigenvalue weighted by atomic mass is 16.4. The molecule has 2 rings (SSSR count). The minimum absolute atomic E-state index is 0.0563. The fraction of sp³-hybridized carbons (Fsp3) is 0.600. The molecular weight excluding hydrogens is 242 g/mol. The predicted octanol–water partition coefficient (Wildman–Crippen LogP) is 2.36. The van der Waals surface area contributed by atoms with Gasteiger partial charge in [0, 0.05) is 30.1 Å². The molecule has 19 heavy (non-hydrogen) atoms. The number of nitrogens with zero attached hydrogens (tertiary/aromatic N) is 1. The van der Waals surface area contributed by atoms with Gasteiger partial charge in [-0.05, 0) is 45.4 Å². The van der Waals surface area contributed by atoms with Crippen molar-refractivity contribution in [3.63, 3.8) is 0 Å². The summed E-state index contributed by atoms with van der Waals surface area (Å²) < 4.78 is 2.17. The van der Waals surface area contributed by atoms with Crippen molar-refractivity contribution in [2.24, 2.45) is 11.8 Å². The molecule has 1 fully saturated rings. The van der Waals surface area contributed by atoms with E-state index in [2.05, 4.69) is 4.57 Å². The van der Waals surface area contributed by atoms with Gasteiger partial charge in [0.25, 0.3) is 0 Å². The third kappa shape index (κ3) is 3.25. The fourth-order valence-electron chi connectivity index (χ4n) is 3.03. The van der Waals surface area contributed by atoms with Crippen LogP contribution in [0.15, 0.2) is 16.9 Å². The van der Waals surface area contributed by atoms with Gasteiger partial charge < -0.3 is 9.67 Å². The third-order valence-corrected chi connectivity index (χ3v) is 4.19. The average molecular weight is 263 g/mol. The second-order valence-corrected chi connectivity index (χ2v) is 5.64. The van der Waals surface area contributed by atoms with E-state index in [4.69, 9.17) is 5.11 Å². The van der Waals surface area contributed by atoms with Crippen LogP contribution in [0.1, 0.15) is 37.1 Å². The molecule has 0 aromatic carbocycles. The van der Waals surface area contributed by atoms with Crippen LogP contribution in [0.4, 0.5) is 0 Å². The van der Waals surface area contributed by atoms with Crippen LogP contribution >= 0.6 is 0 Å². The summed E-state index contributed by atoms with van der Waals surface area (Å²) in [5.41, 5.74) is 2.04. The Morgan fingerprint density at radius 2 is 1.74 bits per heavy atom. The van der Waals surface area contributed by atoms with Crippen molar-refractivity contribution in [1.29, 1.82) is 0 Å². The first-order valence-corrected chi connectivity index (χ1v) is 6.88. The molecule has 0 bridgehead atoms. The van der Waals surface area contributed by atoms with Crippen molar-refractivity contribution in [1.82, 2.24) is 4.57 Å². The number of rotatable bonds is 3. The Balaban J connectivity index is 2.04. The number of carboxylic acid groups (broad SMARTS) is 1. The van der Waals surface area contributed by atoms with Gasteiger partial charge in [0.2, 0.25) is 0 Å². The minimum atomic E-state index is -0.658. The Morgan fingerprint density at radius 3 is 2.21 bits per heavy atom. The first-order chi connectivity index (χ1) is 8.97. The highest BCUT2D eigenvalue weighted by Crippen LogP contribution is 2.30. The highest BCUT2D eigenvalue weighted by molar-refractivity contribution is 5.69. The van der Waals surface area contributed by atoms with Crippen molar-refractivity contribution < 1.29 is 9.90 Å². The maximum atomic E-state index is 11.4. The zero-order chi connectivity index (χ0) is 14.0. The second kappa shape index (κ2) is 5.59. The molecule has 0 radical (unpaired) electrons. The molecule has 0 amide bonds. The summed E-state index contributed by atoms with van der Waals surface area (Å²) in [5, 5.41) is 8.99. The van der Waals surface area contributed by atoms with E-state index < -0.39 is 5.97 Å². The number of aromatic nitrogens is 1. The molecule has 1 saturated carbocycles. The zero-order valence-corrected chi connectivity index (χ0v) is 11.6. The highest BCUT2D eigenvalue weighted by Gasteiger charge is 2.26. The number of hydrogen-bond acceptors (Lipinski definition) is 2. The van der Waals surface area contributed by atoms with Crippen LogP contribution in [0.3, 0.4) is 0 Å². The quantitative estimate of drug-likeness (QED) is 0.910. The number of aliphatic carboxylic acids is 1. The summed E-state index contributed by atoms with van der Waals surface area (Å²) in [4.78, 5) is 22.3. The normalized spacial score (nSPS) is 23.3. The number of aryl methyl sites for hydroxylation is 2. The van der Waals surface area contributed by atoms with E-state index in [-0.39, 0.29) is 11.3 Å². The molecule has 0 spiro atoms. The van der Waals surface area contributed by atoms with Crippen molar-refractivity contribution in [2.75, 3.05) is 0 Å². The molecule has 104 valence electrons. The number of pyridine rings is 1. The van der Waals surface area contributed by atoms with Gasteiger partial charge in [-0.2, -0.15) is 0 Å². The summed E-state index contributed by atoms with van der Waals surface area (Å²) in [6.07, 6.45) is 3.47. The van der Waals surface area contributed by atoms with Crippen LogP contribution in [0.5, 0.6) is 0 Å². The standard InChI is InChI=1S/C15H21NO3/c1-10-7-14(17)8-11(2)16(10)9-12-3-5-13(6-4-12)15(18)19/h7-8,12-13H,3-6,9H2,1-2H3,(H,18,19). The first kappa shape index (κ1) is 13.8. The van der Waals surface area contributed by atoms with Crippen molar-refractivity contribution in [3.05, 3.63) is 33.7 Å². The summed E-state index contributed by atoms with van der Waals surface area (Å²) in [5.74, 6) is -0.294. The van der Waals surface area contributed by atoms with Crippen molar-refractivity contribution >= 4 is 5.97 Å². The summed E-state index contributed by atoms with van der Waals surface area (Å²) in [6, 6.07) is 3.33. The topological polar surface area (TPSA) is 59.3 Å². The monoisotopic (exact) mass is 263 g/mol. The third-order valence-electron chi connectivity index (χ3n) is 4.19. The number of carboxylic acids is 1. The molecule has 1 aliphatic rings. The van der Waals surface area contributed by atoms with Gasteiger partial charge in [0.1, 0.15) is 0 Å². The lowest BCUT2D eigenvalue weighted by Gasteiger charge is -2.28. The molecule has 1 aliphatic carbocycles. The number of carbonyl (C=O) groups is 1. The molecular formula is C15H21NO3. The molecule has 0 atom stereocenters. The van der Waals surface area contributed by atoms with E-state index in [1.54, 1.807) is 12.1 Å². The molecule has 1 aromatic rings. The molecule has 1 N–H and O–H groups in total. The molecule has 0 saturated heterocycles. The molecule has 1 heterocycles. The lowest BCUT2D eigenvalue weighted by atomic mass is 9.82. The van der Waals surface area contributed by atoms with Crippen LogP contribution in [0.25, 0.3) is 0 Å². The van der Waals surface area contributed by atoms with Crippen molar-refractivity contribution in [3.8, 4) is 0 Å². The molecule has 0 unspecified atom stereocenters. The molecule has 1 aromatic heterocycles. The van der Waals surface area contributed by atoms with Gasteiger partial charge >= 0.3 is 5.97 Å². The fourth-order valence-corrected chi connectivity index (χ4v) is 3.03. The Morgan fingerprint density at radius 1 is 1.21 bits per heavy atom. The van der Waals surface area contributed by atoms with Crippen molar-refractivity contribution in [2.45, 2.75) is 46.1 Å². The van der Waals surface area contributed by atoms with Gasteiger partial charge in [-0.25, -0.2) is 0 Å². The Hall–Kier alpha value is -1.58. The van der Waals surface area contributed by atoms with Crippen LogP contribution in [0, 0.1) is 25.7 Å². The first-order valence-electron chi connectivity index (χ1n) is 6.88. The average Bonchev–Trinajstić information content (AvgIpc) is 2.34. The molecule has 4 heteroatoms. The minimum Gasteiger partial charge on any atom is -0.481 e. The summed E-state index contributed by atoms with van der Waals surface area (Å²) in [6.45, 7) is 4.80. The van der Waals surface area contributed by atoms with Crippen LogP contribution in [0.2, 0.25) is 0 Å². The van der Waals surface area contributed by atoms with Crippen LogP contribution < -0.4 is 5.43 Å². The lowest BCUT2D eigenvalue weighted by molar-refractivity contribution is -0.143. The van der Waals surface area contributed by atoms with Gasteiger partial charge in [-0.1, -0.05) is 0 Å². The Kier molecular flexibility index (Phi) is 4.08. The largest absolute Gasteiger partial charge is 0.481 e. The number of hydrogen-bond donors (Lipinski definition) is 1. The lowest BCUT2D eigenvalue weighted by Crippen LogP contribution is -2.25. The van der Waals surface area contributed by atoms with Crippen LogP contribution in [-0.4, -0.2) is 15.6 Å². The van der Waals surface area contributed by atoms with E-state index in [1.807, 2.05) is 13.8 Å². The maximum Gasteiger partial charge on any atom is 0.306 e. The van der Waals surface area contributed by atoms with Gasteiger partial charge in [-0.3, -0.25) is 9.59 Å². The van der Waals surface area contributed by atoms with Gasteiger partial charge in [0.05, 0.1) is 5.92 Å². The Bertz CT molecular complexity index is 498. The molecule has 4 nitrogen and oxygen atoms in total. The second-order valence-electron chi connectivity index (χ2n) is 5.64. The van der Waals surface area contributed by atoms with Gasteiger partial charge in [-0.15, -0.1) is 0 Å². The maximum absolute atomic E-state index is 11.4. The zero-order valence-electron chi connectivity index (χ0n) is 11.6. The Labute approximate surface area is 113 Å².